The minimum Gasteiger partial charge on any atom is -0.309 e. The van der Waals surface area contributed by atoms with Gasteiger partial charge in [-0.2, -0.15) is 0 Å². The van der Waals surface area contributed by atoms with Crippen LogP contribution in [0.4, 0.5) is 0 Å². The first-order valence-electron chi connectivity index (χ1n) is 17.1. The van der Waals surface area contributed by atoms with Crippen molar-refractivity contribution in [3.05, 3.63) is 169 Å². The van der Waals surface area contributed by atoms with Gasteiger partial charge < -0.3 is 4.57 Å². The Balaban J connectivity index is 1.17. The highest BCUT2D eigenvalue weighted by molar-refractivity contribution is 6.13. The molecule has 0 radical (unpaired) electrons. The van der Waals surface area contributed by atoms with Gasteiger partial charge in [0.2, 0.25) is 0 Å². The third-order valence-corrected chi connectivity index (χ3v) is 10.4. The fraction of sp³-hybridized carbons (Fsp3) is 0.0652. The molecule has 0 aliphatic heterocycles. The summed E-state index contributed by atoms with van der Waals surface area (Å²) < 4.78 is 2.43. The smallest absolute Gasteiger partial charge is 0.164 e. The number of hydrogen-bond acceptors (Lipinski definition) is 3. The van der Waals surface area contributed by atoms with Gasteiger partial charge in [0.1, 0.15) is 0 Å². The summed E-state index contributed by atoms with van der Waals surface area (Å²) in [7, 11) is 0. The molecule has 0 saturated carbocycles. The zero-order chi connectivity index (χ0) is 33.4. The summed E-state index contributed by atoms with van der Waals surface area (Å²) in [6, 6.07) is 56.1. The Bertz CT molecular complexity index is 2720. The summed E-state index contributed by atoms with van der Waals surface area (Å²) in [6.45, 7) is 4.65. The maximum Gasteiger partial charge on any atom is 0.164 e. The molecule has 0 N–H and O–H groups in total. The molecular formula is C46H32N4. The van der Waals surface area contributed by atoms with E-state index in [0.717, 1.165) is 22.4 Å². The number of aromatic nitrogens is 4. The average Bonchev–Trinajstić information content (AvgIpc) is 3.61. The van der Waals surface area contributed by atoms with Gasteiger partial charge in [0.15, 0.2) is 17.5 Å². The number of hydrogen-bond donors (Lipinski definition) is 0. The summed E-state index contributed by atoms with van der Waals surface area (Å²) in [5.74, 6) is 1.99. The molecule has 0 fully saturated rings. The molecule has 9 aromatic rings. The van der Waals surface area contributed by atoms with E-state index in [1.165, 1.54) is 54.8 Å². The molecule has 0 bridgehead atoms. The number of nitrogens with zero attached hydrogens (tertiary/aromatic N) is 4. The van der Waals surface area contributed by atoms with Crippen LogP contribution in [0.1, 0.15) is 25.0 Å². The highest BCUT2D eigenvalue weighted by atomic mass is 15.0. The minimum absolute atomic E-state index is 0.151. The Morgan fingerprint density at radius 2 is 0.960 bits per heavy atom. The Morgan fingerprint density at radius 3 is 1.64 bits per heavy atom. The Hall–Kier alpha value is -6.39. The standard InChI is InChI=1S/C46H32N4/c1-46(2)39-23-21-33(45-48-43(29-13-5-3-6-14-29)47-44(49-45)30-15-7-4-8-16-30)26-36(39)37-28-34(22-24-40(37)46)50-41-20-12-11-19-35(41)38-25-31-17-9-10-18-32(31)27-42(38)50/h3-28H,1-2H3. The first kappa shape index (κ1) is 28.6. The van der Waals surface area contributed by atoms with Crippen molar-refractivity contribution >= 4 is 32.6 Å². The van der Waals surface area contributed by atoms with Gasteiger partial charge in [-0.25, -0.2) is 15.0 Å². The van der Waals surface area contributed by atoms with Crippen molar-refractivity contribution in [2.45, 2.75) is 19.3 Å². The number of benzene rings is 7. The highest BCUT2D eigenvalue weighted by Gasteiger charge is 2.36. The molecule has 0 spiro atoms. The van der Waals surface area contributed by atoms with Crippen molar-refractivity contribution in [1.29, 1.82) is 0 Å². The van der Waals surface area contributed by atoms with Gasteiger partial charge in [0, 0.05) is 38.6 Å². The minimum atomic E-state index is -0.151. The summed E-state index contributed by atoms with van der Waals surface area (Å²) in [5.41, 5.74) is 11.4. The maximum absolute atomic E-state index is 5.04. The maximum atomic E-state index is 5.04. The molecular weight excluding hydrogens is 609 g/mol. The molecule has 7 aromatic carbocycles. The normalized spacial score (nSPS) is 13.2. The van der Waals surface area contributed by atoms with Gasteiger partial charge in [0.25, 0.3) is 0 Å². The van der Waals surface area contributed by atoms with E-state index in [9.17, 15) is 0 Å². The average molecular weight is 641 g/mol. The van der Waals surface area contributed by atoms with Crippen LogP contribution in [-0.4, -0.2) is 19.5 Å². The van der Waals surface area contributed by atoms with Crippen LogP contribution in [0, 0.1) is 0 Å². The van der Waals surface area contributed by atoms with E-state index < -0.39 is 0 Å². The second kappa shape index (κ2) is 10.8. The molecule has 50 heavy (non-hydrogen) atoms. The van der Waals surface area contributed by atoms with Crippen molar-refractivity contribution in [2.24, 2.45) is 0 Å². The first-order valence-corrected chi connectivity index (χ1v) is 17.1. The zero-order valence-electron chi connectivity index (χ0n) is 27.8. The molecule has 2 heterocycles. The molecule has 4 heteroatoms. The number of para-hydroxylation sites is 1. The van der Waals surface area contributed by atoms with E-state index in [4.69, 9.17) is 15.0 Å². The van der Waals surface area contributed by atoms with Crippen LogP contribution in [-0.2, 0) is 5.41 Å². The predicted molar refractivity (Wildman–Crippen MR) is 206 cm³/mol. The predicted octanol–water partition coefficient (Wildman–Crippen LogP) is 11.4. The third-order valence-electron chi connectivity index (χ3n) is 10.4. The van der Waals surface area contributed by atoms with E-state index in [-0.39, 0.29) is 5.41 Å². The van der Waals surface area contributed by atoms with Gasteiger partial charge in [-0.15, -0.1) is 0 Å². The van der Waals surface area contributed by atoms with Crippen LogP contribution >= 0.6 is 0 Å². The monoisotopic (exact) mass is 640 g/mol. The van der Waals surface area contributed by atoms with Crippen LogP contribution in [0.15, 0.2) is 158 Å². The van der Waals surface area contributed by atoms with Crippen LogP contribution in [0.25, 0.3) is 83.6 Å². The van der Waals surface area contributed by atoms with Gasteiger partial charge in [-0.3, -0.25) is 0 Å². The highest BCUT2D eigenvalue weighted by Crippen LogP contribution is 2.50. The molecule has 4 nitrogen and oxygen atoms in total. The van der Waals surface area contributed by atoms with Crippen molar-refractivity contribution in [2.75, 3.05) is 0 Å². The Kier molecular flexibility index (Phi) is 6.19. The van der Waals surface area contributed by atoms with Crippen molar-refractivity contribution in [1.82, 2.24) is 19.5 Å². The topological polar surface area (TPSA) is 43.6 Å². The fourth-order valence-corrected chi connectivity index (χ4v) is 7.91. The molecule has 10 rings (SSSR count). The van der Waals surface area contributed by atoms with Gasteiger partial charge in [-0.05, 0) is 69.4 Å². The summed E-state index contributed by atoms with van der Waals surface area (Å²) in [6.07, 6.45) is 0. The van der Waals surface area contributed by atoms with Gasteiger partial charge in [0.05, 0.1) is 11.0 Å². The SMILES string of the molecule is CC1(C)c2ccc(-c3nc(-c4ccccc4)nc(-c4ccccc4)n3)cc2-c2cc(-n3c4ccccc4c4cc5ccccc5cc43)ccc21. The largest absolute Gasteiger partial charge is 0.309 e. The Morgan fingerprint density at radius 1 is 0.420 bits per heavy atom. The van der Waals surface area contributed by atoms with Gasteiger partial charge in [-0.1, -0.05) is 135 Å². The van der Waals surface area contributed by atoms with Crippen LogP contribution in [0.5, 0.6) is 0 Å². The van der Waals surface area contributed by atoms with Crippen LogP contribution < -0.4 is 0 Å². The lowest BCUT2D eigenvalue weighted by atomic mass is 9.82. The van der Waals surface area contributed by atoms with E-state index in [1.54, 1.807) is 0 Å². The zero-order valence-corrected chi connectivity index (χ0v) is 27.8. The first-order chi connectivity index (χ1) is 24.5. The van der Waals surface area contributed by atoms with E-state index in [0.29, 0.717) is 17.5 Å². The summed E-state index contributed by atoms with van der Waals surface area (Å²) in [4.78, 5) is 15.0. The second-order valence-corrected chi connectivity index (χ2v) is 13.7. The lowest BCUT2D eigenvalue weighted by Crippen LogP contribution is -2.15. The molecule has 2 aromatic heterocycles. The van der Waals surface area contributed by atoms with Crippen LogP contribution in [0.3, 0.4) is 0 Å². The molecule has 0 unspecified atom stereocenters. The molecule has 236 valence electrons. The lowest BCUT2D eigenvalue weighted by molar-refractivity contribution is 0.660. The Labute approximate surface area is 290 Å². The lowest BCUT2D eigenvalue weighted by Gasteiger charge is -2.21. The van der Waals surface area contributed by atoms with Gasteiger partial charge >= 0.3 is 0 Å². The molecule has 1 aliphatic carbocycles. The number of fused-ring (bicyclic) bond motifs is 7. The van der Waals surface area contributed by atoms with Crippen LogP contribution in [0.2, 0.25) is 0 Å². The van der Waals surface area contributed by atoms with Crippen molar-refractivity contribution < 1.29 is 0 Å². The second-order valence-electron chi connectivity index (χ2n) is 13.7. The van der Waals surface area contributed by atoms with E-state index in [1.807, 2.05) is 60.7 Å². The molecule has 0 atom stereocenters. The molecule has 1 aliphatic rings. The van der Waals surface area contributed by atoms with Crippen molar-refractivity contribution in [3.63, 3.8) is 0 Å². The number of rotatable bonds is 4. The van der Waals surface area contributed by atoms with E-state index in [2.05, 4.69) is 115 Å². The summed E-state index contributed by atoms with van der Waals surface area (Å²) >= 11 is 0. The third kappa shape index (κ3) is 4.35. The molecule has 0 saturated heterocycles. The fourth-order valence-electron chi connectivity index (χ4n) is 7.91. The quantitative estimate of drug-likeness (QED) is 0.192. The molecule has 0 amide bonds. The summed E-state index contributed by atoms with van der Waals surface area (Å²) in [5, 5.41) is 5.02. The van der Waals surface area contributed by atoms with E-state index >= 15 is 0 Å². The van der Waals surface area contributed by atoms with Crippen molar-refractivity contribution in [3.8, 4) is 51.0 Å².